The lowest BCUT2D eigenvalue weighted by atomic mass is 10.1. The first-order valence-corrected chi connectivity index (χ1v) is 7.35. The van der Waals surface area contributed by atoms with E-state index in [1.54, 1.807) is 0 Å². The highest BCUT2D eigenvalue weighted by atomic mass is 35.5. The summed E-state index contributed by atoms with van der Waals surface area (Å²) in [6, 6.07) is 21.9. The molecule has 0 amide bonds. The van der Waals surface area contributed by atoms with Crippen LogP contribution in [0.1, 0.15) is 0 Å². The first kappa shape index (κ1) is 13.0. The van der Waals surface area contributed by atoms with E-state index in [4.69, 9.17) is 11.6 Å². The molecule has 3 nitrogen and oxygen atoms in total. The Morgan fingerprint density at radius 1 is 0.682 bits per heavy atom. The molecule has 0 unspecified atom stereocenters. The molecule has 2 heterocycles. The minimum Gasteiger partial charge on any atom is -0.282 e. The van der Waals surface area contributed by atoms with Crippen molar-refractivity contribution in [3.63, 3.8) is 0 Å². The zero-order valence-corrected chi connectivity index (χ0v) is 12.4. The highest BCUT2D eigenvalue weighted by molar-refractivity contribution is 6.30. The molecule has 0 saturated heterocycles. The third-order valence-corrected chi connectivity index (χ3v) is 3.86. The van der Waals surface area contributed by atoms with Crippen LogP contribution < -0.4 is 0 Å². The number of pyridine rings is 1. The van der Waals surface area contributed by atoms with Crippen LogP contribution in [0.2, 0.25) is 5.02 Å². The molecule has 0 radical (unpaired) electrons. The molecule has 0 aliphatic carbocycles. The fourth-order valence-corrected chi connectivity index (χ4v) is 2.61. The minimum atomic E-state index is 0.735. The Morgan fingerprint density at radius 2 is 1.41 bits per heavy atom. The van der Waals surface area contributed by atoms with Gasteiger partial charge in [0.25, 0.3) is 0 Å². The largest absolute Gasteiger partial charge is 0.282 e. The van der Waals surface area contributed by atoms with Gasteiger partial charge in [-0.1, -0.05) is 54.1 Å². The number of aromatic nitrogens is 3. The molecule has 0 aliphatic heterocycles. The van der Waals surface area contributed by atoms with E-state index in [9.17, 15) is 0 Å². The Hall–Kier alpha value is -2.65. The fraction of sp³-hybridized carbons (Fsp3) is 0. The molecular formula is C18H12ClN3. The standard InChI is InChI=1S/C18H12ClN3/c19-16-9-6-13(7-10-16)15-8-11-17-20-21-18(22(17)12-15)14-4-2-1-3-5-14/h1-12H. The molecule has 4 heteroatoms. The van der Waals surface area contributed by atoms with Crippen molar-refractivity contribution in [3.05, 3.63) is 77.9 Å². The summed E-state index contributed by atoms with van der Waals surface area (Å²) in [5.74, 6) is 0.839. The smallest absolute Gasteiger partial charge is 0.168 e. The molecule has 22 heavy (non-hydrogen) atoms. The Morgan fingerprint density at radius 3 is 2.18 bits per heavy atom. The van der Waals surface area contributed by atoms with E-state index >= 15 is 0 Å². The Bertz CT molecular complexity index is 928. The number of nitrogens with zero attached hydrogens (tertiary/aromatic N) is 3. The summed E-state index contributed by atoms with van der Waals surface area (Å²) in [5, 5.41) is 9.28. The quantitative estimate of drug-likeness (QED) is 0.536. The molecule has 0 atom stereocenters. The van der Waals surface area contributed by atoms with Crippen molar-refractivity contribution in [1.29, 1.82) is 0 Å². The van der Waals surface area contributed by atoms with Crippen LogP contribution >= 0.6 is 11.6 Å². The van der Waals surface area contributed by atoms with Gasteiger partial charge in [0.05, 0.1) is 0 Å². The topological polar surface area (TPSA) is 30.2 Å². The second kappa shape index (κ2) is 5.28. The van der Waals surface area contributed by atoms with Crippen molar-refractivity contribution >= 4 is 17.2 Å². The maximum absolute atomic E-state index is 5.96. The van der Waals surface area contributed by atoms with Crippen molar-refractivity contribution in [3.8, 4) is 22.5 Å². The van der Waals surface area contributed by atoms with Gasteiger partial charge in [-0.05, 0) is 35.4 Å². The van der Waals surface area contributed by atoms with Crippen LogP contribution in [0.5, 0.6) is 0 Å². The average Bonchev–Trinajstić information content (AvgIpc) is 2.99. The van der Waals surface area contributed by atoms with Crippen LogP contribution in [-0.4, -0.2) is 14.6 Å². The monoisotopic (exact) mass is 305 g/mol. The number of halogens is 1. The van der Waals surface area contributed by atoms with Crippen LogP contribution in [0.25, 0.3) is 28.2 Å². The summed E-state index contributed by atoms with van der Waals surface area (Å²) in [7, 11) is 0. The average molecular weight is 306 g/mol. The number of hydrogen-bond donors (Lipinski definition) is 0. The molecule has 0 saturated carbocycles. The highest BCUT2D eigenvalue weighted by Crippen LogP contribution is 2.24. The number of fused-ring (bicyclic) bond motifs is 1. The Labute approximate surface area is 132 Å². The van der Waals surface area contributed by atoms with Crippen molar-refractivity contribution in [1.82, 2.24) is 14.6 Å². The van der Waals surface area contributed by atoms with Gasteiger partial charge in [-0.3, -0.25) is 4.40 Å². The third kappa shape index (κ3) is 2.26. The van der Waals surface area contributed by atoms with Crippen molar-refractivity contribution < 1.29 is 0 Å². The van der Waals surface area contributed by atoms with Crippen molar-refractivity contribution in [2.24, 2.45) is 0 Å². The first-order valence-electron chi connectivity index (χ1n) is 6.97. The van der Waals surface area contributed by atoms with E-state index in [2.05, 4.69) is 16.4 Å². The Balaban J connectivity index is 1.88. The van der Waals surface area contributed by atoms with Gasteiger partial charge < -0.3 is 0 Å². The van der Waals surface area contributed by atoms with Crippen LogP contribution in [0.3, 0.4) is 0 Å². The third-order valence-electron chi connectivity index (χ3n) is 3.61. The van der Waals surface area contributed by atoms with Crippen molar-refractivity contribution in [2.45, 2.75) is 0 Å². The lowest BCUT2D eigenvalue weighted by Gasteiger charge is -2.05. The van der Waals surface area contributed by atoms with Gasteiger partial charge in [-0.25, -0.2) is 0 Å². The second-order valence-electron chi connectivity index (χ2n) is 5.04. The summed E-state index contributed by atoms with van der Waals surface area (Å²) in [5.41, 5.74) is 4.08. The molecule has 0 spiro atoms. The molecule has 106 valence electrons. The fourth-order valence-electron chi connectivity index (χ4n) is 2.49. The van der Waals surface area contributed by atoms with E-state index in [0.717, 1.165) is 33.2 Å². The number of rotatable bonds is 2. The molecule has 2 aromatic carbocycles. The van der Waals surface area contributed by atoms with Gasteiger partial charge in [0.2, 0.25) is 0 Å². The van der Waals surface area contributed by atoms with E-state index in [1.165, 1.54) is 0 Å². The second-order valence-corrected chi connectivity index (χ2v) is 5.48. The summed E-state index contributed by atoms with van der Waals surface area (Å²) >= 11 is 5.96. The lowest BCUT2D eigenvalue weighted by molar-refractivity contribution is 1.11. The Kier molecular flexibility index (Phi) is 3.13. The van der Waals surface area contributed by atoms with Gasteiger partial charge in [-0.2, -0.15) is 0 Å². The molecule has 0 aliphatic rings. The van der Waals surface area contributed by atoms with Crippen LogP contribution in [-0.2, 0) is 0 Å². The van der Waals surface area contributed by atoms with Crippen LogP contribution in [0.4, 0.5) is 0 Å². The summed E-state index contributed by atoms with van der Waals surface area (Å²) < 4.78 is 2.01. The SMILES string of the molecule is Clc1ccc(-c2ccc3nnc(-c4ccccc4)n3c2)cc1. The summed E-state index contributed by atoms with van der Waals surface area (Å²) in [6.07, 6.45) is 2.06. The van der Waals surface area contributed by atoms with E-state index in [1.807, 2.05) is 71.1 Å². The van der Waals surface area contributed by atoms with Gasteiger partial charge in [0.15, 0.2) is 11.5 Å². The van der Waals surface area contributed by atoms with E-state index < -0.39 is 0 Å². The number of hydrogen-bond acceptors (Lipinski definition) is 2. The van der Waals surface area contributed by atoms with E-state index in [-0.39, 0.29) is 0 Å². The molecule has 4 rings (SSSR count). The predicted octanol–water partition coefficient (Wildman–Crippen LogP) is 4.72. The summed E-state index contributed by atoms with van der Waals surface area (Å²) in [6.45, 7) is 0. The zero-order chi connectivity index (χ0) is 14.9. The van der Waals surface area contributed by atoms with Gasteiger partial charge >= 0.3 is 0 Å². The van der Waals surface area contributed by atoms with Crippen molar-refractivity contribution in [2.75, 3.05) is 0 Å². The lowest BCUT2D eigenvalue weighted by Crippen LogP contribution is -1.90. The zero-order valence-electron chi connectivity index (χ0n) is 11.6. The normalized spacial score (nSPS) is 11.0. The van der Waals surface area contributed by atoms with Crippen LogP contribution in [0, 0.1) is 0 Å². The first-order chi connectivity index (χ1) is 10.8. The highest BCUT2D eigenvalue weighted by Gasteiger charge is 2.08. The number of benzene rings is 2. The van der Waals surface area contributed by atoms with Crippen LogP contribution in [0.15, 0.2) is 72.9 Å². The molecule has 0 bridgehead atoms. The van der Waals surface area contributed by atoms with Gasteiger partial charge in [-0.15, -0.1) is 10.2 Å². The maximum atomic E-state index is 5.96. The van der Waals surface area contributed by atoms with Gasteiger partial charge in [0.1, 0.15) is 0 Å². The minimum absolute atomic E-state index is 0.735. The van der Waals surface area contributed by atoms with E-state index in [0.29, 0.717) is 0 Å². The van der Waals surface area contributed by atoms with Gasteiger partial charge in [0, 0.05) is 16.8 Å². The molecule has 0 fully saturated rings. The predicted molar refractivity (Wildman–Crippen MR) is 88.9 cm³/mol. The summed E-state index contributed by atoms with van der Waals surface area (Å²) in [4.78, 5) is 0. The molecule has 0 N–H and O–H groups in total. The maximum Gasteiger partial charge on any atom is 0.168 e. The molecular weight excluding hydrogens is 294 g/mol. The molecule has 2 aromatic heterocycles. The molecule has 4 aromatic rings.